The van der Waals surface area contributed by atoms with Crippen molar-refractivity contribution in [3.63, 3.8) is 0 Å². The zero-order valence-corrected chi connectivity index (χ0v) is 9.98. The standard InChI is InChI=1S/C12H6ClF.2Li/c13-10-6-7-11(12(14)8-10)9-4-2-1-3-5-9;;/h1-4,6-7H;;/q-2;2*+1. The SMILES string of the molecule is Fc1[c-]c(Cl)ccc1-c1[c-]cccc1.[Li+].[Li+]. The molecule has 2 rings (SSSR count). The van der Waals surface area contributed by atoms with Crippen LogP contribution in [0, 0.1) is 17.9 Å². The summed E-state index contributed by atoms with van der Waals surface area (Å²) in [6, 6.07) is 15.8. The van der Waals surface area contributed by atoms with Gasteiger partial charge in [0, 0.05) is 5.82 Å². The maximum absolute atomic E-state index is 13.4. The van der Waals surface area contributed by atoms with Gasteiger partial charge in [0.15, 0.2) is 0 Å². The van der Waals surface area contributed by atoms with Crippen molar-refractivity contribution in [2.24, 2.45) is 0 Å². The predicted octanol–water partition coefficient (Wildman–Crippen LogP) is -2.25. The fourth-order valence-corrected chi connectivity index (χ4v) is 1.36. The van der Waals surface area contributed by atoms with Gasteiger partial charge in [-0.25, -0.2) is 4.39 Å². The molecule has 2 aromatic carbocycles. The molecule has 0 N–H and O–H groups in total. The molecule has 0 aliphatic rings. The van der Waals surface area contributed by atoms with Crippen LogP contribution in [0.2, 0.25) is 5.02 Å². The van der Waals surface area contributed by atoms with Crippen LogP contribution in [0.5, 0.6) is 0 Å². The van der Waals surface area contributed by atoms with Crippen molar-refractivity contribution < 1.29 is 42.1 Å². The molecule has 0 aliphatic carbocycles. The minimum atomic E-state index is -0.444. The molecule has 0 amide bonds. The van der Waals surface area contributed by atoms with Crippen molar-refractivity contribution in [1.82, 2.24) is 0 Å². The number of rotatable bonds is 1. The van der Waals surface area contributed by atoms with E-state index < -0.39 is 5.82 Å². The second-order valence-electron chi connectivity index (χ2n) is 2.81. The van der Waals surface area contributed by atoms with Crippen molar-refractivity contribution in [3.05, 3.63) is 59.4 Å². The molecule has 0 saturated carbocycles. The van der Waals surface area contributed by atoms with Crippen LogP contribution in [0.3, 0.4) is 0 Å². The summed E-state index contributed by atoms with van der Waals surface area (Å²) in [5, 5.41) is 0.280. The first-order chi connectivity index (χ1) is 6.77. The normalized spacial score (nSPS) is 8.88. The van der Waals surface area contributed by atoms with Gasteiger partial charge in [-0.2, -0.15) is 0 Å². The molecule has 0 atom stereocenters. The summed E-state index contributed by atoms with van der Waals surface area (Å²) < 4.78 is 13.4. The summed E-state index contributed by atoms with van der Waals surface area (Å²) >= 11 is 5.60. The molecule has 16 heavy (non-hydrogen) atoms. The zero-order valence-electron chi connectivity index (χ0n) is 9.22. The van der Waals surface area contributed by atoms with Crippen molar-refractivity contribution in [2.45, 2.75) is 0 Å². The molecule has 2 aromatic rings. The van der Waals surface area contributed by atoms with Crippen molar-refractivity contribution >= 4 is 11.6 Å². The zero-order chi connectivity index (χ0) is 9.97. The summed E-state index contributed by atoms with van der Waals surface area (Å²) in [7, 11) is 0. The topological polar surface area (TPSA) is 0 Å². The number of hydrogen-bond donors (Lipinski definition) is 0. The van der Waals surface area contributed by atoms with E-state index in [-0.39, 0.29) is 42.7 Å². The maximum atomic E-state index is 13.4. The van der Waals surface area contributed by atoms with E-state index in [1.807, 2.05) is 12.1 Å². The third kappa shape index (κ3) is 3.71. The fraction of sp³-hybridized carbons (Fsp3) is 0. The average molecular weight is 219 g/mol. The Morgan fingerprint density at radius 2 is 1.81 bits per heavy atom. The Labute approximate surface area is 124 Å². The van der Waals surface area contributed by atoms with Crippen LogP contribution in [0.25, 0.3) is 11.1 Å². The molecule has 0 unspecified atom stereocenters. The van der Waals surface area contributed by atoms with Crippen LogP contribution < -0.4 is 37.7 Å². The van der Waals surface area contributed by atoms with Gasteiger partial charge in [-0.05, 0) is 0 Å². The monoisotopic (exact) mass is 218 g/mol. The Kier molecular flexibility index (Phi) is 7.17. The molecule has 0 bridgehead atoms. The third-order valence-electron chi connectivity index (χ3n) is 1.86. The molecule has 0 nitrogen and oxygen atoms in total. The van der Waals surface area contributed by atoms with Crippen LogP contribution in [-0.4, -0.2) is 0 Å². The number of benzene rings is 2. The first-order valence-corrected chi connectivity index (χ1v) is 4.49. The second-order valence-corrected chi connectivity index (χ2v) is 3.22. The molecular weight excluding hydrogens is 212 g/mol. The fourth-order valence-electron chi connectivity index (χ4n) is 1.21. The van der Waals surface area contributed by atoms with E-state index >= 15 is 0 Å². The molecule has 0 aliphatic heterocycles. The minimum Gasteiger partial charge on any atom is -0.232 e. The maximum Gasteiger partial charge on any atom is 1.00 e. The molecule has 0 radical (unpaired) electrons. The largest absolute Gasteiger partial charge is 1.00 e. The van der Waals surface area contributed by atoms with E-state index in [2.05, 4.69) is 12.1 Å². The summed E-state index contributed by atoms with van der Waals surface area (Å²) in [5.41, 5.74) is 1.17. The van der Waals surface area contributed by atoms with Gasteiger partial charge in [-0.15, -0.1) is 65.7 Å². The molecule has 4 heteroatoms. The van der Waals surface area contributed by atoms with E-state index in [1.54, 1.807) is 24.3 Å². The van der Waals surface area contributed by atoms with Gasteiger partial charge in [-0.1, -0.05) is 10.6 Å². The first-order valence-electron chi connectivity index (χ1n) is 4.12. The van der Waals surface area contributed by atoms with Gasteiger partial charge in [0.05, 0.1) is 0 Å². The van der Waals surface area contributed by atoms with Gasteiger partial charge >= 0.3 is 37.7 Å². The van der Waals surface area contributed by atoms with Crippen LogP contribution in [0.15, 0.2) is 36.4 Å². The van der Waals surface area contributed by atoms with Gasteiger partial charge in [0.1, 0.15) is 0 Å². The van der Waals surface area contributed by atoms with E-state index in [9.17, 15) is 4.39 Å². The molecule has 70 valence electrons. The Bertz CT molecular complexity index is 446. The van der Waals surface area contributed by atoms with Crippen LogP contribution in [-0.2, 0) is 0 Å². The summed E-state index contributed by atoms with van der Waals surface area (Å²) in [6.45, 7) is 0. The van der Waals surface area contributed by atoms with E-state index in [0.717, 1.165) is 0 Å². The van der Waals surface area contributed by atoms with Crippen LogP contribution in [0.4, 0.5) is 4.39 Å². The van der Waals surface area contributed by atoms with Crippen molar-refractivity contribution in [1.29, 1.82) is 0 Å². The molecule has 0 spiro atoms. The smallest absolute Gasteiger partial charge is 0.232 e. The van der Waals surface area contributed by atoms with Crippen molar-refractivity contribution in [2.75, 3.05) is 0 Å². The predicted molar refractivity (Wildman–Crippen MR) is 54.5 cm³/mol. The Morgan fingerprint density at radius 1 is 1.06 bits per heavy atom. The third-order valence-corrected chi connectivity index (χ3v) is 2.08. The quantitative estimate of drug-likeness (QED) is 0.375. The van der Waals surface area contributed by atoms with E-state index in [1.165, 1.54) is 0 Å². The van der Waals surface area contributed by atoms with E-state index in [4.69, 9.17) is 11.6 Å². The summed E-state index contributed by atoms with van der Waals surface area (Å²) in [4.78, 5) is 0. The van der Waals surface area contributed by atoms with E-state index in [0.29, 0.717) is 11.1 Å². The van der Waals surface area contributed by atoms with Gasteiger partial charge in [0.2, 0.25) is 0 Å². The van der Waals surface area contributed by atoms with Gasteiger partial charge in [-0.3, -0.25) is 0 Å². The van der Waals surface area contributed by atoms with Gasteiger partial charge in [0.25, 0.3) is 0 Å². The van der Waals surface area contributed by atoms with Crippen molar-refractivity contribution in [3.8, 4) is 11.1 Å². The molecule has 0 saturated heterocycles. The van der Waals surface area contributed by atoms with Crippen LogP contribution >= 0.6 is 11.6 Å². The average Bonchev–Trinajstić information content (AvgIpc) is 2.19. The van der Waals surface area contributed by atoms with Gasteiger partial charge < -0.3 is 0 Å². The molecular formula is C12H6ClFLi2. The molecule has 0 fully saturated rings. The second kappa shape index (κ2) is 7.23. The summed E-state index contributed by atoms with van der Waals surface area (Å²) in [5.74, 6) is -0.444. The number of halogens is 2. The molecule has 0 heterocycles. The minimum absolute atomic E-state index is 0. The number of hydrogen-bond acceptors (Lipinski definition) is 0. The summed E-state index contributed by atoms with van der Waals surface area (Å²) in [6.07, 6.45) is 0. The Morgan fingerprint density at radius 3 is 2.38 bits per heavy atom. The molecule has 0 aromatic heterocycles. The Hall–Kier alpha value is -0.145. The Balaban J connectivity index is 0.00000112. The van der Waals surface area contributed by atoms with Crippen LogP contribution in [0.1, 0.15) is 0 Å². The first kappa shape index (κ1) is 15.9.